The lowest BCUT2D eigenvalue weighted by Gasteiger charge is -2.17. The highest BCUT2D eigenvalue weighted by Crippen LogP contribution is 2.11. The standard InChI is InChI=1S/C21H22ClN5O3/c1-14-4-3-5-17(12-14)24-21(29)27(2)11-10-18-25-20(30-26-18)19(28)23-13-15-6-8-16(22)9-7-15/h3-9,12H,10-11,13H2,1-2H3,(H,23,28)(H,24,29). The fourth-order valence-electron chi connectivity index (χ4n) is 2.62. The van der Waals surface area contributed by atoms with Crippen LogP contribution in [0.5, 0.6) is 0 Å². The van der Waals surface area contributed by atoms with Gasteiger partial charge in [0, 0.05) is 37.3 Å². The van der Waals surface area contributed by atoms with Gasteiger partial charge in [0.1, 0.15) is 0 Å². The summed E-state index contributed by atoms with van der Waals surface area (Å²) >= 11 is 5.84. The van der Waals surface area contributed by atoms with Crippen LogP contribution in [0.15, 0.2) is 53.1 Å². The number of aromatic nitrogens is 2. The van der Waals surface area contributed by atoms with Gasteiger partial charge in [-0.2, -0.15) is 4.98 Å². The van der Waals surface area contributed by atoms with Crippen LogP contribution in [0.25, 0.3) is 0 Å². The Bertz CT molecular complexity index is 1020. The van der Waals surface area contributed by atoms with Crippen LogP contribution in [-0.4, -0.2) is 40.6 Å². The molecule has 3 rings (SSSR count). The first-order chi connectivity index (χ1) is 14.4. The van der Waals surface area contributed by atoms with Crippen molar-refractivity contribution in [3.63, 3.8) is 0 Å². The van der Waals surface area contributed by atoms with Crippen LogP contribution in [0.4, 0.5) is 10.5 Å². The Kier molecular flexibility index (Phi) is 7.03. The molecule has 156 valence electrons. The second kappa shape index (κ2) is 9.89. The summed E-state index contributed by atoms with van der Waals surface area (Å²) in [6, 6.07) is 14.4. The van der Waals surface area contributed by atoms with Gasteiger partial charge in [-0.1, -0.05) is 41.0 Å². The van der Waals surface area contributed by atoms with E-state index in [1.807, 2.05) is 43.3 Å². The summed E-state index contributed by atoms with van der Waals surface area (Å²) in [7, 11) is 1.67. The fraction of sp³-hybridized carbons (Fsp3) is 0.238. The molecule has 0 aliphatic heterocycles. The summed E-state index contributed by atoms with van der Waals surface area (Å²) in [6.45, 7) is 2.64. The highest BCUT2D eigenvalue weighted by atomic mass is 35.5. The number of carbonyl (C=O) groups is 2. The topological polar surface area (TPSA) is 100 Å². The van der Waals surface area contributed by atoms with E-state index in [0.29, 0.717) is 30.4 Å². The van der Waals surface area contributed by atoms with E-state index < -0.39 is 5.91 Å². The third kappa shape index (κ3) is 6.05. The first-order valence-electron chi connectivity index (χ1n) is 9.35. The maximum Gasteiger partial charge on any atom is 0.321 e. The number of rotatable bonds is 7. The van der Waals surface area contributed by atoms with Crippen LogP contribution in [0.3, 0.4) is 0 Å². The molecule has 2 aromatic carbocycles. The zero-order valence-electron chi connectivity index (χ0n) is 16.7. The Morgan fingerprint density at radius 1 is 1.17 bits per heavy atom. The zero-order valence-corrected chi connectivity index (χ0v) is 17.4. The minimum atomic E-state index is -0.464. The van der Waals surface area contributed by atoms with E-state index in [4.69, 9.17) is 16.1 Å². The number of nitrogens with one attached hydrogen (secondary N) is 2. The number of anilines is 1. The molecule has 0 bridgehead atoms. The first-order valence-corrected chi connectivity index (χ1v) is 9.72. The Morgan fingerprint density at radius 2 is 1.93 bits per heavy atom. The Hall–Kier alpha value is -3.39. The molecule has 0 saturated carbocycles. The van der Waals surface area contributed by atoms with Crippen molar-refractivity contribution in [2.45, 2.75) is 19.9 Å². The van der Waals surface area contributed by atoms with E-state index in [1.165, 1.54) is 4.90 Å². The van der Waals surface area contributed by atoms with Crippen molar-refractivity contribution in [1.82, 2.24) is 20.4 Å². The van der Waals surface area contributed by atoms with Gasteiger partial charge in [0.2, 0.25) is 0 Å². The second-order valence-electron chi connectivity index (χ2n) is 6.80. The molecule has 0 aliphatic rings. The predicted octanol–water partition coefficient (Wildman–Crippen LogP) is 3.67. The van der Waals surface area contributed by atoms with Gasteiger partial charge in [-0.3, -0.25) is 4.79 Å². The van der Waals surface area contributed by atoms with Crippen LogP contribution < -0.4 is 10.6 Å². The molecule has 30 heavy (non-hydrogen) atoms. The van der Waals surface area contributed by atoms with E-state index >= 15 is 0 Å². The van der Waals surface area contributed by atoms with Gasteiger partial charge in [0.15, 0.2) is 5.82 Å². The first kappa shape index (κ1) is 21.3. The molecule has 3 amide bonds. The lowest BCUT2D eigenvalue weighted by molar-refractivity contribution is 0.0907. The van der Waals surface area contributed by atoms with Crippen molar-refractivity contribution in [3.05, 3.63) is 76.4 Å². The van der Waals surface area contributed by atoms with E-state index in [2.05, 4.69) is 20.8 Å². The van der Waals surface area contributed by atoms with Gasteiger partial charge in [-0.25, -0.2) is 4.79 Å². The zero-order chi connectivity index (χ0) is 21.5. The Labute approximate surface area is 179 Å². The molecule has 0 saturated heterocycles. The Morgan fingerprint density at radius 3 is 2.67 bits per heavy atom. The molecule has 2 N–H and O–H groups in total. The van der Waals surface area contributed by atoms with Gasteiger partial charge in [-0.15, -0.1) is 0 Å². The molecule has 0 spiro atoms. The average Bonchev–Trinajstić information content (AvgIpc) is 3.20. The maximum atomic E-state index is 12.3. The van der Waals surface area contributed by atoms with Crippen LogP contribution in [0.2, 0.25) is 5.02 Å². The number of amides is 3. The molecular weight excluding hydrogens is 406 g/mol. The smallest absolute Gasteiger partial charge is 0.321 e. The van der Waals surface area contributed by atoms with Crippen molar-refractivity contribution in [2.24, 2.45) is 0 Å². The van der Waals surface area contributed by atoms with Crippen molar-refractivity contribution in [1.29, 1.82) is 0 Å². The summed E-state index contributed by atoms with van der Waals surface area (Å²) in [5.41, 5.74) is 2.68. The number of hydrogen-bond acceptors (Lipinski definition) is 5. The molecule has 0 fully saturated rings. The molecule has 8 nitrogen and oxygen atoms in total. The quantitative estimate of drug-likeness (QED) is 0.599. The summed E-state index contributed by atoms with van der Waals surface area (Å²) in [5.74, 6) is -0.234. The van der Waals surface area contributed by atoms with Crippen molar-refractivity contribution < 1.29 is 14.1 Å². The van der Waals surface area contributed by atoms with E-state index in [1.54, 1.807) is 19.2 Å². The van der Waals surface area contributed by atoms with Crippen LogP contribution in [0, 0.1) is 6.92 Å². The van der Waals surface area contributed by atoms with Gasteiger partial charge >= 0.3 is 17.8 Å². The molecule has 0 unspecified atom stereocenters. The normalized spacial score (nSPS) is 10.5. The molecule has 0 radical (unpaired) electrons. The maximum absolute atomic E-state index is 12.3. The molecule has 9 heteroatoms. The molecule has 3 aromatic rings. The predicted molar refractivity (Wildman–Crippen MR) is 113 cm³/mol. The van der Waals surface area contributed by atoms with Gasteiger partial charge in [0.05, 0.1) is 0 Å². The summed E-state index contributed by atoms with van der Waals surface area (Å²) in [4.78, 5) is 30.1. The van der Waals surface area contributed by atoms with Crippen LogP contribution >= 0.6 is 11.6 Å². The van der Waals surface area contributed by atoms with E-state index in [9.17, 15) is 9.59 Å². The second-order valence-corrected chi connectivity index (χ2v) is 7.23. The average molecular weight is 428 g/mol. The molecule has 1 heterocycles. The molecule has 0 atom stereocenters. The van der Waals surface area contributed by atoms with Gasteiger partial charge in [-0.05, 0) is 42.3 Å². The minimum Gasteiger partial charge on any atom is -0.344 e. The third-order valence-corrected chi connectivity index (χ3v) is 4.57. The largest absolute Gasteiger partial charge is 0.344 e. The number of nitrogens with zero attached hydrogens (tertiary/aromatic N) is 3. The lowest BCUT2D eigenvalue weighted by Crippen LogP contribution is -2.33. The summed E-state index contributed by atoms with van der Waals surface area (Å²) in [5, 5.41) is 9.98. The number of likely N-dealkylation sites (N-methyl/N-ethyl adjacent to an activating group) is 1. The summed E-state index contributed by atoms with van der Waals surface area (Å²) < 4.78 is 5.02. The monoisotopic (exact) mass is 427 g/mol. The van der Waals surface area contributed by atoms with Gasteiger partial charge in [0.25, 0.3) is 0 Å². The number of urea groups is 1. The van der Waals surface area contributed by atoms with Crippen molar-refractivity contribution in [2.75, 3.05) is 18.9 Å². The molecular formula is C21H22ClN5O3. The fourth-order valence-corrected chi connectivity index (χ4v) is 2.74. The summed E-state index contributed by atoms with van der Waals surface area (Å²) in [6.07, 6.45) is 0.353. The third-order valence-electron chi connectivity index (χ3n) is 4.32. The van der Waals surface area contributed by atoms with Crippen LogP contribution in [-0.2, 0) is 13.0 Å². The highest BCUT2D eigenvalue weighted by Gasteiger charge is 2.16. The number of halogens is 1. The number of benzene rings is 2. The SMILES string of the molecule is Cc1cccc(NC(=O)N(C)CCc2noc(C(=O)NCc3ccc(Cl)cc3)n2)c1. The Balaban J connectivity index is 1.46. The highest BCUT2D eigenvalue weighted by molar-refractivity contribution is 6.30. The number of hydrogen-bond donors (Lipinski definition) is 2. The molecule has 1 aromatic heterocycles. The lowest BCUT2D eigenvalue weighted by atomic mass is 10.2. The van der Waals surface area contributed by atoms with E-state index in [0.717, 1.165) is 16.8 Å². The number of carbonyl (C=O) groups excluding carboxylic acids is 2. The van der Waals surface area contributed by atoms with Crippen molar-refractivity contribution >= 4 is 29.2 Å². The van der Waals surface area contributed by atoms with Gasteiger partial charge < -0.3 is 20.1 Å². The van der Waals surface area contributed by atoms with Crippen molar-refractivity contribution in [3.8, 4) is 0 Å². The van der Waals surface area contributed by atoms with E-state index in [-0.39, 0.29) is 11.9 Å². The number of aryl methyl sites for hydroxylation is 1. The van der Waals surface area contributed by atoms with Crippen LogP contribution in [0.1, 0.15) is 27.6 Å². The molecule has 0 aliphatic carbocycles. The minimum absolute atomic E-state index is 0.120.